The molecule has 0 saturated carbocycles. The molecule has 1 aromatic heterocycles. The number of aliphatic carboxylic acids is 1. The third kappa shape index (κ3) is 4.31. The van der Waals surface area contributed by atoms with E-state index in [1.165, 1.54) is 10.9 Å². The van der Waals surface area contributed by atoms with Crippen LogP contribution in [-0.4, -0.2) is 26.8 Å². The quantitative estimate of drug-likeness (QED) is 0.810. The smallest absolute Gasteiger partial charge is 0.331 e. The number of amides is 1. The maximum Gasteiger partial charge on any atom is 0.331 e. The van der Waals surface area contributed by atoms with E-state index in [1.54, 1.807) is 20.0 Å². The van der Waals surface area contributed by atoms with Gasteiger partial charge in [0.05, 0.1) is 11.9 Å². The molecule has 2 N–H and O–H groups in total. The second kappa shape index (κ2) is 6.74. The molecule has 6 nitrogen and oxygen atoms in total. The Hall–Kier alpha value is -1.85. The van der Waals surface area contributed by atoms with Crippen LogP contribution in [0.1, 0.15) is 47.5 Å². The van der Waals surface area contributed by atoms with Gasteiger partial charge in [0, 0.05) is 12.6 Å². The van der Waals surface area contributed by atoms with Crippen molar-refractivity contribution in [3.63, 3.8) is 0 Å². The molecule has 6 heteroatoms. The summed E-state index contributed by atoms with van der Waals surface area (Å²) < 4.78 is 1.34. The van der Waals surface area contributed by atoms with Gasteiger partial charge in [-0.15, -0.1) is 0 Å². The molecule has 0 aliphatic heterocycles. The number of anilines is 1. The number of rotatable bonds is 7. The number of carbonyl (C=O) groups excluding carboxylic acids is 1. The molecule has 21 heavy (non-hydrogen) atoms. The fraction of sp³-hybridized carbons (Fsp3) is 0.667. The summed E-state index contributed by atoms with van der Waals surface area (Å²) >= 11 is 0. The number of carboxylic acid groups (broad SMARTS) is 1. The Labute approximate surface area is 125 Å². The Kier molecular flexibility index (Phi) is 5.52. The van der Waals surface area contributed by atoms with E-state index in [-0.39, 0.29) is 5.91 Å². The minimum absolute atomic E-state index is 0.0665. The van der Waals surface area contributed by atoms with E-state index in [4.69, 9.17) is 5.11 Å². The number of nitrogens with zero attached hydrogens (tertiary/aromatic N) is 2. The zero-order valence-electron chi connectivity index (χ0n) is 13.4. The van der Waals surface area contributed by atoms with Gasteiger partial charge in [0.1, 0.15) is 0 Å². The minimum atomic E-state index is -1.15. The van der Waals surface area contributed by atoms with Gasteiger partial charge in [0.15, 0.2) is 5.54 Å². The molecule has 0 aliphatic carbocycles. The van der Waals surface area contributed by atoms with E-state index in [0.29, 0.717) is 23.9 Å². The first-order valence-corrected chi connectivity index (χ1v) is 7.26. The van der Waals surface area contributed by atoms with E-state index in [1.807, 2.05) is 0 Å². The summed E-state index contributed by atoms with van der Waals surface area (Å²) in [6.45, 7) is 9.40. The van der Waals surface area contributed by atoms with Crippen molar-refractivity contribution in [1.82, 2.24) is 9.78 Å². The normalized spacial score (nSPS) is 13.2. The van der Waals surface area contributed by atoms with Crippen molar-refractivity contribution in [1.29, 1.82) is 0 Å². The lowest BCUT2D eigenvalue weighted by Gasteiger charge is -2.19. The van der Waals surface area contributed by atoms with Crippen molar-refractivity contribution in [2.45, 2.75) is 53.0 Å². The average molecular weight is 295 g/mol. The Morgan fingerprint density at radius 2 is 2.05 bits per heavy atom. The molecule has 0 aliphatic rings. The Balaban J connectivity index is 2.71. The number of hydrogen-bond donors (Lipinski definition) is 2. The van der Waals surface area contributed by atoms with Crippen molar-refractivity contribution in [2.24, 2.45) is 11.8 Å². The fourth-order valence-electron chi connectivity index (χ4n) is 2.09. The molecule has 0 saturated heterocycles. The van der Waals surface area contributed by atoms with Crippen LogP contribution in [0.2, 0.25) is 0 Å². The highest BCUT2D eigenvalue weighted by Gasteiger charge is 2.30. The van der Waals surface area contributed by atoms with Gasteiger partial charge >= 0.3 is 5.97 Å². The number of hydrogen-bond acceptors (Lipinski definition) is 3. The lowest BCUT2D eigenvalue weighted by atomic mass is 9.90. The average Bonchev–Trinajstić information content (AvgIpc) is 2.84. The molecular formula is C15H25N3O3. The highest BCUT2D eigenvalue weighted by molar-refractivity contribution is 5.90. The second-order valence-corrected chi connectivity index (χ2v) is 6.20. The molecule has 118 valence electrons. The van der Waals surface area contributed by atoms with Crippen LogP contribution in [0, 0.1) is 11.8 Å². The van der Waals surface area contributed by atoms with Gasteiger partial charge in [-0.2, -0.15) is 5.10 Å². The first kappa shape index (κ1) is 17.2. The Bertz CT molecular complexity index is 506. The van der Waals surface area contributed by atoms with Crippen LogP contribution in [0.4, 0.5) is 5.69 Å². The number of aromatic nitrogens is 2. The van der Waals surface area contributed by atoms with Crippen LogP contribution in [0.15, 0.2) is 12.4 Å². The van der Waals surface area contributed by atoms with Crippen LogP contribution in [0.25, 0.3) is 0 Å². The van der Waals surface area contributed by atoms with Gasteiger partial charge in [-0.3, -0.25) is 9.48 Å². The molecule has 1 aromatic rings. The highest BCUT2D eigenvalue weighted by atomic mass is 16.4. The SMILES string of the molecule is CCC(CC(=O)Nc1cnn(C(C)(C)C(=O)O)c1)C(C)C. The number of nitrogens with one attached hydrogen (secondary N) is 1. The van der Waals surface area contributed by atoms with Gasteiger partial charge in [-0.05, 0) is 25.7 Å². The number of carboxylic acids is 1. The molecule has 0 bridgehead atoms. The second-order valence-electron chi connectivity index (χ2n) is 6.20. The van der Waals surface area contributed by atoms with Crippen LogP contribution in [-0.2, 0) is 15.1 Å². The van der Waals surface area contributed by atoms with Crippen LogP contribution in [0.3, 0.4) is 0 Å². The lowest BCUT2D eigenvalue weighted by Crippen LogP contribution is -2.35. The zero-order chi connectivity index (χ0) is 16.2. The van der Waals surface area contributed by atoms with Crippen molar-refractivity contribution in [3.8, 4) is 0 Å². The molecule has 1 atom stereocenters. The summed E-state index contributed by atoms with van der Waals surface area (Å²) in [7, 11) is 0. The maximum atomic E-state index is 12.0. The van der Waals surface area contributed by atoms with Gasteiger partial charge < -0.3 is 10.4 Å². The summed E-state index contributed by atoms with van der Waals surface area (Å²) in [6.07, 6.45) is 4.43. The lowest BCUT2D eigenvalue weighted by molar-refractivity contribution is -0.146. The molecule has 1 heterocycles. The summed E-state index contributed by atoms with van der Waals surface area (Å²) in [5.41, 5.74) is -0.625. The van der Waals surface area contributed by atoms with Gasteiger partial charge in [0.2, 0.25) is 5.91 Å². The summed E-state index contributed by atoms with van der Waals surface area (Å²) in [5.74, 6) is -0.248. The highest BCUT2D eigenvalue weighted by Crippen LogP contribution is 2.21. The molecule has 0 aromatic carbocycles. The molecule has 0 radical (unpaired) electrons. The third-order valence-electron chi connectivity index (χ3n) is 3.88. The van der Waals surface area contributed by atoms with Gasteiger partial charge in [-0.1, -0.05) is 27.2 Å². The van der Waals surface area contributed by atoms with Gasteiger partial charge in [0.25, 0.3) is 0 Å². The molecule has 0 spiro atoms. The first-order valence-electron chi connectivity index (χ1n) is 7.26. The molecular weight excluding hydrogens is 270 g/mol. The van der Waals surface area contributed by atoms with Crippen molar-refractivity contribution >= 4 is 17.6 Å². The summed E-state index contributed by atoms with van der Waals surface area (Å²) in [4.78, 5) is 23.2. The Morgan fingerprint density at radius 1 is 1.43 bits per heavy atom. The van der Waals surface area contributed by atoms with E-state index < -0.39 is 11.5 Å². The van der Waals surface area contributed by atoms with Crippen LogP contribution >= 0.6 is 0 Å². The Morgan fingerprint density at radius 3 is 2.52 bits per heavy atom. The van der Waals surface area contributed by atoms with Crippen molar-refractivity contribution in [3.05, 3.63) is 12.4 Å². The third-order valence-corrected chi connectivity index (χ3v) is 3.88. The predicted molar refractivity (Wildman–Crippen MR) is 81.1 cm³/mol. The van der Waals surface area contributed by atoms with E-state index in [2.05, 4.69) is 31.2 Å². The van der Waals surface area contributed by atoms with Crippen LogP contribution in [0.5, 0.6) is 0 Å². The van der Waals surface area contributed by atoms with E-state index in [9.17, 15) is 9.59 Å². The fourth-order valence-corrected chi connectivity index (χ4v) is 2.09. The predicted octanol–water partition coefficient (Wildman–Crippen LogP) is 2.71. The zero-order valence-corrected chi connectivity index (χ0v) is 13.4. The topological polar surface area (TPSA) is 84.2 Å². The largest absolute Gasteiger partial charge is 0.479 e. The van der Waals surface area contributed by atoms with Crippen molar-refractivity contribution in [2.75, 3.05) is 5.32 Å². The molecule has 0 fully saturated rings. The molecule has 1 rings (SSSR count). The molecule has 1 unspecified atom stereocenters. The van der Waals surface area contributed by atoms with E-state index >= 15 is 0 Å². The monoisotopic (exact) mass is 295 g/mol. The summed E-state index contributed by atoms with van der Waals surface area (Å²) in [6, 6.07) is 0. The standard InChI is InChI=1S/C15H25N3O3/c1-6-11(10(2)3)7-13(19)17-12-8-16-18(9-12)15(4,5)14(20)21/h8-11H,6-7H2,1-5H3,(H,17,19)(H,20,21). The number of carbonyl (C=O) groups is 2. The first-order chi connectivity index (χ1) is 9.68. The van der Waals surface area contributed by atoms with Crippen LogP contribution < -0.4 is 5.32 Å². The minimum Gasteiger partial charge on any atom is -0.479 e. The van der Waals surface area contributed by atoms with Gasteiger partial charge in [-0.25, -0.2) is 4.79 Å². The maximum absolute atomic E-state index is 12.0. The summed E-state index contributed by atoms with van der Waals surface area (Å²) in [5, 5.41) is 15.9. The van der Waals surface area contributed by atoms with E-state index in [0.717, 1.165) is 6.42 Å². The van der Waals surface area contributed by atoms with Crippen molar-refractivity contribution < 1.29 is 14.7 Å². The molecule has 1 amide bonds.